The van der Waals surface area contributed by atoms with E-state index >= 15 is 0 Å². The normalized spacial score (nSPS) is 9.45. The predicted octanol–water partition coefficient (Wildman–Crippen LogP) is 2.55. The van der Waals surface area contributed by atoms with E-state index in [1.807, 2.05) is 0 Å². The number of nitrogens with one attached hydrogen (secondary N) is 1. The number of anilines is 1. The Morgan fingerprint density at radius 2 is 1.90 bits per heavy atom. The fraction of sp³-hybridized carbons (Fsp3) is 0.0667. The standard InChI is InChI=1S/C15H11NO3.U/c1-10-12(15(18)19)8-5-9-13(10)16-14(17)11-6-3-2-4-7-11;/h2-6,8H,1H3,(H,16,17)(H,18,19);/q-2;+2. The monoisotopic (exact) mass is 491 g/mol. The second-order valence-corrected chi connectivity index (χ2v) is 3.93. The summed E-state index contributed by atoms with van der Waals surface area (Å²) >= 11 is 0. The second kappa shape index (κ2) is 7.28. The summed E-state index contributed by atoms with van der Waals surface area (Å²) in [4.78, 5) is 22.9. The third-order valence-electron chi connectivity index (χ3n) is 2.68. The molecule has 2 N–H and O–H groups in total. The fourth-order valence-electron chi connectivity index (χ4n) is 1.65. The van der Waals surface area contributed by atoms with Gasteiger partial charge in [-0.05, 0) is 5.56 Å². The maximum atomic E-state index is 11.9. The number of rotatable bonds is 3. The van der Waals surface area contributed by atoms with Crippen molar-refractivity contribution in [2.24, 2.45) is 0 Å². The number of carbonyl (C=O) groups is 2. The number of carbonyl (C=O) groups excluding carboxylic acids is 1. The van der Waals surface area contributed by atoms with Crippen LogP contribution in [0.2, 0.25) is 0 Å². The summed E-state index contributed by atoms with van der Waals surface area (Å²) in [6.45, 7) is 1.63. The Bertz CT molecular complexity index is 626. The molecule has 2 rings (SSSR count). The SMILES string of the molecule is Cc1c(NC(=O)c2[c-]cccc2)[c-]ccc1C(=O)O.[U+2]. The number of carboxylic acid groups (broad SMARTS) is 1. The molecular formula is C15H11NO3U. The van der Waals surface area contributed by atoms with E-state index in [0.29, 0.717) is 16.8 Å². The van der Waals surface area contributed by atoms with E-state index in [9.17, 15) is 9.59 Å². The van der Waals surface area contributed by atoms with Crippen molar-refractivity contribution in [1.29, 1.82) is 0 Å². The molecule has 4 nitrogen and oxygen atoms in total. The van der Waals surface area contributed by atoms with Gasteiger partial charge in [0, 0.05) is 0 Å². The van der Waals surface area contributed by atoms with Crippen molar-refractivity contribution < 1.29 is 45.8 Å². The molecule has 0 atom stereocenters. The quantitative estimate of drug-likeness (QED) is 0.649. The smallest absolute Gasteiger partial charge is 0.479 e. The van der Waals surface area contributed by atoms with Gasteiger partial charge in [-0.15, -0.1) is 35.9 Å². The van der Waals surface area contributed by atoms with Crippen LogP contribution in [0.1, 0.15) is 26.3 Å². The van der Waals surface area contributed by atoms with Crippen molar-refractivity contribution in [1.82, 2.24) is 0 Å². The minimum atomic E-state index is -1.03. The van der Waals surface area contributed by atoms with E-state index in [0.717, 1.165) is 0 Å². The number of aromatic carboxylic acids is 1. The largest absolute Gasteiger partial charge is 2.00 e. The van der Waals surface area contributed by atoms with E-state index < -0.39 is 5.97 Å². The van der Waals surface area contributed by atoms with E-state index in [4.69, 9.17) is 5.11 Å². The van der Waals surface area contributed by atoms with Gasteiger partial charge in [0.15, 0.2) is 5.91 Å². The number of benzene rings is 2. The molecule has 0 fully saturated rings. The third kappa shape index (κ3) is 3.72. The van der Waals surface area contributed by atoms with Gasteiger partial charge < -0.3 is 15.2 Å². The number of hydrogen-bond acceptors (Lipinski definition) is 2. The van der Waals surface area contributed by atoms with Gasteiger partial charge >= 0.3 is 37.1 Å². The Kier molecular flexibility index (Phi) is 6.00. The van der Waals surface area contributed by atoms with Gasteiger partial charge in [0.1, 0.15) is 0 Å². The Morgan fingerprint density at radius 1 is 1.15 bits per heavy atom. The number of hydrogen-bond donors (Lipinski definition) is 2. The van der Waals surface area contributed by atoms with E-state index in [1.165, 1.54) is 12.1 Å². The van der Waals surface area contributed by atoms with Crippen LogP contribution in [-0.2, 0) is 0 Å². The molecule has 0 unspecified atom stereocenters. The molecule has 98 valence electrons. The van der Waals surface area contributed by atoms with Crippen LogP contribution >= 0.6 is 0 Å². The molecule has 0 heterocycles. The molecule has 0 aliphatic rings. The van der Waals surface area contributed by atoms with Crippen LogP contribution in [0.4, 0.5) is 5.69 Å². The molecule has 0 saturated heterocycles. The molecule has 1 amide bonds. The zero-order valence-corrected chi connectivity index (χ0v) is 14.9. The van der Waals surface area contributed by atoms with E-state index in [-0.39, 0.29) is 42.6 Å². The Hall–Kier alpha value is -1.57. The van der Waals surface area contributed by atoms with Gasteiger partial charge in [-0.1, -0.05) is 18.2 Å². The first-order valence-electron chi connectivity index (χ1n) is 5.62. The first-order chi connectivity index (χ1) is 9.09. The van der Waals surface area contributed by atoms with Crippen LogP contribution in [0.3, 0.4) is 0 Å². The molecule has 0 spiro atoms. The molecule has 0 aliphatic carbocycles. The molecule has 0 aromatic heterocycles. The summed E-state index contributed by atoms with van der Waals surface area (Å²) in [5.74, 6) is -1.38. The van der Waals surface area contributed by atoms with Crippen LogP contribution in [0, 0.1) is 50.2 Å². The summed E-state index contributed by atoms with van der Waals surface area (Å²) < 4.78 is 0. The van der Waals surface area contributed by atoms with Gasteiger partial charge in [0.05, 0.1) is 0 Å². The number of amides is 1. The zero-order valence-electron chi connectivity index (χ0n) is 10.7. The van der Waals surface area contributed by atoms with Crippen molar-refractivity contribution in [3.8, 4) is 0 Å². The van der Waals surface area contributed by atoms with Crippen LogP contribution in [0.15, 0.2) is 36.4 Å². The average Bonchev–Trinajstić information content (AvgIpc) is 2.41. The third-order valence-corrected chi connectivity index (χ3v) is 2.68. The van der Waals surface area contributed by atoms with Crippen molar-refractivity contribution in [3.05, 3.63) is 65.2 Å². The average molecular weight is 491 g/mol. The van der Waals surface area contributed by atoms with Gasteiger partial charge in [0.25, 0.3) is 0 Å². The van der Waals surface area contributed by atoms with E-state index in [1.54, 1.807) is 31.2 Å². The maximum absolute atomic E-state index is 11.9. The second-order valence-electron chi connectivity index (χ2n) is 3.93. The van der Waals surface area contributed by atoms with Crippen molar-refractivity contribution >= 4 is 17.6 Å². The van der Waals surface area contributed by atoms with Gasteiger partial charge in [-0.25, -0.2) is 4.79 Å². The zero-order chi connectivity index (χ0) is 13.8. The summed E-state index contributed by atoms with van der Waals surface area (Å²) in [5.41, 5.74) is 1.36. The maximum Gasteiger partial charge on any atom is 2.00 e. The summed E-state index contributed by atoms with van der Waals surface area (Å²) in [6, 6.07) is 15.3. The van der Waals surface area contributed by atoms with Crippen LogP contribution in [0.5, 0.6) is 0 Å². The molecular weight excluding hydrogens is 480 g/mol. The van der Waals surface area contributed by atoms with Crippen molar-refractivity contribution in [3.63, 3.8) is 0 Å². The predicted molar refractivity (Wildman–Crippen MR) is 70.2 cm³/mol. The fourth-order valence-corrected chi connectivity index (χ4v) is 1.65. The van der Waals surface area contributed by atoms with Crippen molar-refractivity contribution in [2.75, 3.05) is 5.32 Å². The van der Waals surface area contributed by atoms with E-state index in [2.05, 4.69) is 17.4 Å². The van der Waals surface area contributed by atoms with Gasteiger partial charge in [-0.2, -0.15) is 18.2 Å². The minimum absolute atomic E-state index is 0. The van der Waals surface area contributed by atoms with Gasteiger partial charge in [0.2, 0.25) is 0 Å². The van der Waals surface area contributed by atoms with Crippen LogP contribution in [0.25, 0.3) is 0 Å². The molecule has 0 radical (unpaired) electrons. The molecule has 0 bridgehead atoms. The van der Waals surface area contributed by atoms with Crippen molar-refractivity contribution in [2.45, 2.75) is 6.92 Å². The Balaban J connectivity index is 0.00000200. The molecule has 5 heteroatoms. The Labute approximate surface area is 140 Å². The first kappa shape index (κ1) is 16.5. The molecule has 2 aromatic carbocycles. The molecule has 0 aliphatic heterocycles. The number of carboxylic acids is 1. The Morgan fingerprint density at radius 3 is 2.50 bits per heavy atom. The molecule has 2 aromatic rings. The summed E-state index contributed by atoms with van der Waals surface area (Å²) in [5, 5.41) is 11.6. The van der Waals surface area contributed by atoms with Gasteiger partial charge in [-0.3, -0.25) is 0 Å². The summed E-state index contributed by atoms with van der Waals surface area (Å²) in [6.07, 6.45) is 0. The topological polar surface area (TPSA) is 66.4 Å². The van der Waals surface area contributed by atoms with Crippen LogP contribution in [-0.4, -0.2) is 17.0 Å². The minimum Gasteiger partial charge on any atom is -0.479 e. The molecule has 20 heavy (non-hydrogen) atoms. The molecule has 0 saturated carbocycles. The summed E-state index contributed by atoms with van der Waals surface area (Å²) in [7, 11) is 0. The van der Waals surface area contributed by atoms with Crippen LogP contribution < -0.4 is 5.32 Å². The first-order valence-corrected chi connectivity index (χ1v) is 5.62.